The molecule has 2 N–H and O–H groups in total. The third kappa shape index (κ3) is 4.55. The van der Waals surface area contributed by atoms with Crippen molar-refractivity contribution in [2.75, 3.05) is 0 Å². The Bertz CT molecular complexity index is 610. The van der Waals surface area contributed by atoms with Crippen molar-refractivity contribution in [3.8, 4) is 0 Å². The molecule has 0 amide bonds. The van der Waals surface area contributed by atoms with E-state index in [1.165, 1.54) is 17.7 Å². The number of nitrogens with two attached hydrogens (primary N) is 1. The first-order valence-electron chi connectivity index (χ1n) is 7.24. The second-order valence-corrected chi connectivity index (χ2v) is 6.30. The second-order valence-electron chi connectivity index (χ2n) is 5.89. The molecule has 2 aromatic carbocycles. The predicted octanol–water partition coefficient (Wildman–Crippen LogP) is 4.92. The van der Waals surface area contributed by atoms with Crippen LogP contribution >= 0.6 is 11.6 Å². The molecule has 21 heavy (non-hydrogen) atoms. The van der Waals surface area contributed by atoms with Crippen LogP contribution in [0, 0.1) is 11.7 Å². The Kier molecular flexibility index (Phi) is 5.38. The van der Waals surface area contributed by atoms with Crippen molar-refractivity contribution >= 4 is 11.6 Å². The van der Waals surface area contributed by atoms with Gasteiger partial charge in [0.05, 0.1) is 0 Å². The van der Waals surface area contributed by atoms with Crippen LogP contribution in [0.1, 0.15) is 36.6 Å². The van der Waals surface area contributed by atoms with Gasteiger partial charge in [0.1, 0.15) is 5.82 Å². The van der Waals surface area contributed by atoms with Crippen LogP contribution in [0.4, 0.5) is 4.39 Å². The molecule has 1 unspecified atom stereocenters. The molecule has 0 aliphatic carbocycles. The summed E-state index contributed by atoms with van der Waals surface area (Å²) in [5.74, 6) is 0.291. The number of halogens is 2. The van der Waals surface area contributed by atoms with Gasteiger partial charge >= 0.3 is 0 Å². The number of benzene rings is 2. The van der Waals surface area contributed by atoms with E-state index in [0.29, 0.717) is 17.4 Å². The molecule has 0 aliphatic rings. The number of hydrogen-bond acceptors (Lipinski definition) is 1. The van der Waals surface area contributed by atoms with Crippen LogP contribution < -0.4 is 5.73 Å². The molecule has 0 aliphatic heterocycles. The molecular weight excluding hydrogens is 285 g/mol. The number of hydrogen-bond donors (Lipinski definition) is 1. The fourth-order valence-corrected chi connectivity index (χ4v) is 2.71. The molecule has 0 saturated carbocycles. The van der Waals surface area contributed by atoms with Gasteiger partial charge < -0.3 is 5.73 Å². The molecule has 0 aromatic heterocycles. The molecule has 0 bridgehead atoms. The average molecular weight is 306 g/mol. The summed E-state index contributed by atoms with van der Waals surface area (Å²) < 4.78 is 13.1. The Morgan fingerprint density at radius 1 is 1.10 bits per heavy atom. The maximum Gasteiger partial charge on any atom is 0.124 e. The van der Waals surface area contributed by atoms with E-state index in [9.17, 15) is 4.39 Å². The van der Waals surface area contributed by atoms with Gasteiger partial charge in [-0.2, -0.15) is 0 Å². The standard InChI is InChI=1S/C18H21ClFN/c1-12(2)8-13-4-3-5-15(9-13)18(21)10-14-6-7-16(20)11-17(14)19/h3-7,9,11-12,18H,8,10,21H2,1-2H3. The third-order valence-electron chi connectivity index (χ3n) is 3.48. The van der Waals surface area contributed by atoms with E-state index in [1.54, 1.807) is 6.07 Å². The Balaban J connectivity index is 2.14. The van der Waals surface area contributed by atoms with Gasteiger partial charge in [-0.25, -0.2) is 4.39 Å². The normalized spacial score (nSPS) is 12.7. The lowest BCUT2D eigenvalue weighted by atomic mass is 9.95. The van der Waals surface area contributed by atoms with Gasteiger partial charge in [0.15, 0.2) is 0 Å². The zero-order valence-electron chi connectivity index (χ0n) is 12.4. The summed E-state index contributed by atoms with van der Waals surface area (Å²) in [7, 11) is 0. The summed E-state index contributed by atoms with van der Waals surface area (Å²) in [5.41, 5.74) is 9.54. The highest BCUT2D eigenvalue weighted by atomic mass is 35.5. The van der Waals surface area contributed by atoms with Crippen LogP contribution in [0.15, 0.2) is 42.5 Å². The maximum atomic E-state index is 13.1. The minimum atomic E-state index is -0.323. The highest BCUT2D eigenvalue weighted by Crippen LogP contribution is 2.24. The lowest BCUT2D eigenvalue weighted by Crippen LogP contribution is -2.14. The molecule has 2 aromatic rings. The van der Waals surface area contributed by atoms with Gasteiger partial charge in [-0.1, -0.05) is 55.8 Å². The van der Waals surface area contributed by atoms with Crippen molar-refractivity contribution in [1.82, 2.24) is 0 Å². The minimum absolute atomic E-state index is 0.139. The first-order chi connectivity index (χ1) is 9.95. The first kappa shape index (κ1) is 16.0. The summed E-state index contributed by atoms with van der Waals surface area (Å²) in [6.45, 7) is 4.40. The fourth-order valence-electron chi connectivity index (χ4n) is 2.46. The van der Waals surface area contributed by atoms with Gasteiger partial charge in [-0.05, 0) is 47.6 Å². The molecule has 3 heteroatoms. The Labute approximate surface area is 130 Å². The van der Waals surface area contributed by atoms with E-state index < -0.39 is 0 Å². The maximum absolute atomic E-state index is 13.1. The van der Waals surface area contributed by atoms with Crippen LogP contribution in [-0.4, -0.2) is 0 Å². The van der Waals surface area contributed by atoms with E-state index in [-0.39, 0.29) is 11.9 Å². The smallest absolute Gasteiger partial charge is 0.124 e. The molecule has 0 spiro atoms. The Hall–Kier alpha value is -1.38. The van der Waals surface area contributed by atoms with E-state index >= 15 is 0 Å². The van der Waals surface area contributed by atoms with E-state index in [2.05, 4.69) is 26.0 Å². The van der Waals surface area contributed by atoms with Gasteiger partial charge in [0.2, 0.25) is 0 Å². The quantitative estimate of drug-likeness (QED) is 0.833. The third-order valence-corrected chi connectivity index (χ3v) is 3.83. The second kappa shape index (κ2) is 7.06. The molecule has 112 valence electrons. The van der Waals surface area contributed by atoms with Crippen molar-refractivity contribution in [3.63, 3.8) is 0 Å². The van der Waals surface area contributed by atoms with Crippen LogP contribution in [0.25, 0.3) is 0 Å². The highest BCUT2D eigenvalue weighted by Gasteiger charge is 2.11. The van der Waals surface area contributed by atoms with Gasteiger partial charge in [0.25, 0.3) is 0 Å². The molecule has 2 rings (SSSR count). The van der Waals surface area contributed by atoms with Crippen LogP contribution in [0.3, 0.4) is 0 Å². The first-order valence-corrected chi connectivity index (χ1v) is 7.62. The van der Waals surface area contributed by atoms with Crippen molar-refractivity contribution in [3.05, 3.63) is 70.0 Å². The summed E-state index contributed by atoms with van der Waals surface area (Å²) >= 11 is 6.07. The summed E-state index contributed by atoms with van der Waals surface area (Å²) in [6, 6.07) is 12.7. The van der Waals surface area contributed by atoms with Crippen LogP contribution in [0.2, 0.25) is 5.02 Å². The van der Waals surface area contributed by atoms with Crippen molar-refractivity contribution < 1.29 is 4.39 Å². The predicted molar refractivity (Wildman–Crippen MR) is 87.0 cm³/mol. The van der Waals surface area contributed by atoms with Gasteiger partial charge in [-0.3, -0.25) is 0 Å². The van der Waals surface area contributed by atoms with Gasteiger partial charge in [-0.15, -0.1) is 0 Å². The molecule has 1 atom stereocenters. The van der Waals surface area contributed by atoms with E-state index in [4.69, 9.17) is 17.3 Å². The van der Waals surface area contributed by atoms with Crippen molar-refractivity contribution in [1.29, 1.82) is 0 Å². The van der Waals surface area contributed by atoms with Gasteiger partial charge in [0, 0.05) is 11.1 Å². The average Bonchev–Trinajstić information content (AvgIpc) is 2.41. The van der Waals surface area contributed by atoms with Crippen molar-refractivity contribution in [2.45, 2.75) is 32.7 Å². The molecule has 0 saturated heterocycles. The minimum Gasteiger partial charge on any atom is -0.324 e. The van der Waals surface area contributed by atoms with E-state index in [1.807, 2.05) is 12.1 Å². The summed E-state index contributed by atoms with van der Waals surface area (Å²) in [5, 5.41) is 0.434. The molecule has 0 heterocycles. The SMILES string of the molecule is CC(C)Cc1cccc(C(N)Cc2ccc(F)cc2Cl)c1. The Morgan fingerprint density at radius 2 is 1.86 bits per heavy atom. The van der Waals surface area contributed by atoms with Crippen LogP contribution in [-0.2, 0) is 12.8 Å². The fraction of sp³-hybridized carbons (Fsp3) is 0.333. The largest absolute Gasteiger partial charge is 0.324 e. The zero-order valence-corrected chi connectivity index (χ0v) is 13.2. The van der Waals surface area contributed by atoms with Crippen molar-refractivity contribution in [2.24, 2.45) is 11.7 Å². The molecule has 0 fully saturated rings. The molecule has 0 radical (unpaired) electrons. The molecule has 1 nitrogen and oxygen atoms in total. The van der Waals surface area contributed by atoms with Crippen LogP contribution in [0.5, 0.6) is 0 Å². The monoisotopic (exact) mass is 305 g/mol. The van der Waals surface area contributed by atoms with E-state index in [0.717, 1.165) is 17.5 Å². The topological polar surface area (TPSA) is 26.0 Å². The summed E-state index contributed by atoms with van der Waals surface area (Å²) in [4.78, 5) is 0. The highest BCUT2D eigenvalue weighted by molar-refractivity contribution is 6.31. The Morgan fingerprint density at radius 3 is 2.52 bits per heavy atom. The lowest BCUT2D eigenvalue weighted by molar-refractivity contribution is 0.625. The zero-order chi connectivity index (χ0) is 15.4. The lowest BCUT2D eigenvalue weighted by Gasteiger charge is -2.15. The molecular formula is C18H21ClFN. The summed E-state index contributed by atoms with van der Waals surface area (Å²) in [6.07, 6.45) is 1.64. The number of rotatable bonds is 5.